The van der Waals surface area contributed by atoms with Gasteiger partial charge in [-0.2, -0.15) is 0 Å². The fourth-order valence-electron chi connectivity index (χ4n) is 1.30. The van der Waals surface area contributed by atoms with Crippen molar-refractivity contribution in [3.05, 3.63) is 27.7 Å². The van der Waals surface area contributed by atoms with Crippen LogP contribution in [0.1, 0.15) is 19.8 Å². The second kappa shape index (κ2) is 7.93. The summed E-state index contributed by atoms with van der Waals surface area (Å²) in [5.74, 6) is 0.854. The predicted molar refractivity (Wildman–Crippen MR) is 72.4 cm³/mol. The largest absolute Gasteiger partial charge is 0.492 e. The molecule has 0 radical (unpaired) electrons. The van der Waals surface area contributed by atoms with Gasteiger partial charge in [-0.05, 0) is 60.1 Å². The SMILES string of the molecule is CCNCCCCOc1ccc(Cl)cc1Br. The van der Waals surface area contributed by atoms with E-state index in [2.05, 4.69) is 28.2 Å². The van der Waals surface area contributed by atoms with Crippen molar-refractivity contribution in [2.45, 2.75) is 19.8 Å². The molecule has 0 aliphatic heterocycles. The van der Waals surface area contributed by atoms with Crippen LogP contribution < -0.4 is 10.1 Å². The fraction of sp³-hybridized carbons (Fsp3) is 0.500. The molecule has 1 aromatic carbocycles. The van der Waals surface area contributed by atoms with E-state index in [9.17, 15) is 0 Å². The standard InChI is InChI=1S/C12H17BrClNO/c1-2-15-7-3-4-8-16-12-6-5-10(14)9-11(12)13/h5-6,9,15H,2-4,7-8H2,1H3. The van der Waals surface area contributed by atoms with E-state index < -0.39 is 0 Å². The second-order valence-electron chi connectivity index (χ2n) is 3.48. The van der Waals surface area contributed by atoms with Crippen molar-refractivity contribution >= 4 is 27.5 Å². The topological polar surface area (TPSA) is 21.3 Å². The van der Waals surface area contributed by atoms with Crippen molar-refractivity contribution < 1.29 is 4.74 Å². The van der Waals surface area contributed by atoms with Crippen LogP contribution in [0, 0.1) is 0 Å². The van der Waals surface area contributed by atoms with Crippen molar-refractivity contribution in [2.24, 2.45) is 0 Å². The number of nitrogens with one attached hydrogen (secondary N) is 1. The van der Waals surface area contributed by atoms with Gasteiger partial charge in [0.15, 0.2) is 0 Å². The van der Waals surface area contributed by atoms with E-state index in [1.54, 1.807) is 0 Å². The highest BCUT2D eigenvalue weighted by atomic mass is 79.9. The highest BCUT2D eigenvalue weighted by Crippen LogP contribution is 2.27. The van der Waals surface area contributed by atoms with Gasteiger partial charge in [0.1, 0.15) is 5.75 Å². The van der Waals surface area contributed by atoms with Crippen LogP contribution in [-0.2, 0) is 0 Å². The van der Waals surface area contributed by atoms with Crippen LogP contribution in [0.25, 0.3) is 0 Å². The monoisotopic (exact) mass is 305 g/mol. The van der Waals surface area contributed by atoms with E-state index in [4.69, 9.17) is 16.3 Å². The Morgan fingerprint density at radius 1 is 1.38 bits per heavy atom. The molecule has 0 bridgehead atoms. The number of hydrogen-bond donors (Lipinski definition) is 1. The minimum Gasteiger partial charge on any atom is -0.492 e. The summed E-state index contributed by atoms with van der Waals surface area (Å²) >= 11 is 9.26. The molecule has 4 heteroatoms. The Bertz CT molecular complexity index is 320. The van der Waals surface area contributed by atoms with Gasteiger partial charge in [-0.1, -0.05) is 18.5 Å². The lowest BCUT2D eigenvalue weighted by Gasteiger charge is -2.08. The molecular formula is C12H17BrClNO. The Balaban J connectivity index is 2.21. The first-order chi connectivity index (χ1) is 7.74. The van der Waals surface area contributed by atoms with E-state index in [0.717, 1.165) is 42.8 Å². The van der Waals surface area contributed by atoms with E-state index in [0.29, 0.717) is 5.02 Å². The van der Waals surface area contributed by atoms with E-state index in [1.807, 2.05) is 18.2 Å². The molecule has 1 aromatic rings. The van der Waals surface area contributed by atoms with E-state index >= 15 is 0 Å². The average molecular weight is 307 g/mol. The molecule has 1 N–H and O–H groups in total. The van der Waals surface area contributed by atoms with Crippen LogP contribution in [0.2, 0.25) is 5.02 Å². The number of halogens is 2. The molecule has 0 heterocycles. The summed E-state index contributed by atoms with van der Waals surface area (Å²) in [6.07, 6.45) is 2.20. The molecule has 16 heavy (non-hydrogen) atoms. The third-order valence-electron chi connectivity index (χ3n) is 2.15. The summed E-state index contributed by atoms with van der Waals surface area (Å²) < 4.78 is 6.55. The van der Waals surface area contributed by atoms with Crippen molar-refractivity contribution in [1.29, 1.82) is 0 Å². The molecule has 0 saturated heterocycles. The summed E-state index contributed by atoms with van der Waals surface area (Å²) in [5, 5.41) is 4.00. The first kappa shape index (κ1) is 13.8. The van der Waals surface area contributed by atoms with Crippen LogP contribution in [0.5, 0.6) is 5.75 Å². The average Bonchev–Trinajstić information content (AvgIpc) is 2.26. The van der Waals surface area contributed by atoms with Crippen molar-refractivity contribution in [3.8, 4) is 5.75 Å². The quantitative estimate of drug-likeness (QED) is 0.772. The molecule has 0 aliphatic rings. The van der Waals surface area contributed by atoms with Gasteiger partial charge in [-0.15, -0.1) is 0 Å². The van der Waals surface area contributed by atoms with Gasteiger partial charge in [0.05, 0.1) is 11.1 Å². The molecule has 0 aromatic heterocycles. The molecule has 2 nitrogen and oxygen atoms in total. The van der Waals surface area contributed by atoms with Gasteiger partial charge >= 0.3 is 0 Å². The number of ether oxygens (including phenoxy) is 1. The summed E-state index contributed by atoms with van der Waals surface area (Å²) in [4.78, 5) is 0. The predicted octanol–water partition coefficient (Wildman–Crippen LogP) is 3.87. The highest BCUT2D eigenvalue weighted by molar-refractivity contribution is 9.10. The fourth-order valence-corrected chi connectivity index (χ4v) is 2.10. The molecular weight excluding hydrogens is 289 g/mol. The highest BCUT2D eigenvalue weighted by Gasteiger charge is 2.01. The smallest absolute Gasteiger partial charge is 0.133 e. The third-order valence-corrected chi connectivity index (χ3v) is 3.00. The summed E-state index contributed by atoms with van der Waals surface area (Å²) in [7, 11) is 0. The molecule has 0 unspecified atom stereocenters. The third kappa shape index (κ3) is 5.19. The molecule has 0 saturated carbocycles. The minimum atomic E-state index is 0.714. The zero-order valence-corrected chi connectivity index (χ0v) is 11.8. The Hall–Kier alpha value is -0.250. The van der Waals surface area contributed by atoms with Gasteiger partial charge in [0.2, 0.25) is 0 Å². The first-order valence-electron chi connectivity index (χ1n) is 5.52. The minimum absolute atomic E-state index is 0.714. The van der Waals surface area contributed by atoms with Gasteiger partial charge < -0.3 is 10.1 Å². The lowest BCUT2D eigenvalue weighted by molar-refractivity contribution is 0.304. The van der Waals surface area contributed by atoms with Gasteiger partial charge in [0, 0.05) is 5.02 Å². The summed E-state index contributed by atoms with van der Waals surface area (Å²) in [5.41, 5.74) is 0. The molecule has 90 valence electrons. The van der Waals surface area contributed by atoms with E-state index in [-0.39, 0.29) is 0 Å². The molecule has 0 atom stereocenters. The van der Waals surface area contributed by atoms with E-state index in [1.165, 1.54) is 0 Å². The number of unbranched alkanes of at least 4 members (excludes halogenated alkanes) is 1. The normalized spacial score (nSPS) is 10.4. The molecule has 0 fully saturated rings. The van der Waals surface area contributed by atoms with Crippen LogP contribution in [-0.4, -0.2) is 19.7 Å². The summed E-state index contributed by atoms with van der Waals surface area (Å²) in [6, 6.07) is 5.56. The Kier molecular flexibility index (Phi) is 6.85. The van der Waals surface area contributed by atoms with Crippen LogP contribution in [0.3, 0.4) is 0 Å². The van der Waals surface area contributed by atoms with Gasteiger partial charge in [-0.3, -0.25) is 0 Å². The molecule has 0 amide bonds. The van der Waals surface area contributed by atoms with Gasteiger partial charge in [0.25, 0.3) is 0 Å². The zero-order valence-electron chi connectivity index (χ0n) is 9.43. The lowest BCUT2D eigenvalue weighted by atomic mass is 10.3. The van der Waals surface area contributed by atoms with Crippen LogP contribution in [0.4, 0.5) is 0 Å². The lowest BCUT2D eigenvalue weighted by Crippen LogP contribution is -2.14. The molecule has 0 aliphatic carbocycles. The summed E-state index contributed by atoms with van der Waals surface area (Å²) in [6.45, 7) is 4.94. The molecule has 1 rings (SSSR count). The van der Waals surface area contributed by atoms with Crippen molar-refractivity contribution in [3.63, 3.8) is 0 Å². The number of rotatable bonds is 7. The zero-order chi connectivity index (χ0) is 11.8. The van der Waals surface area contributed by atoms with Crippen LogP contribution in [0.15, 0.2) is 22.7 Å². The maximum atomic E-state index is 5.84. The molecule has 0 spiro atoms. The number of benzene rings is 1. The maximum absolute atomic E-state index is 5.84. The van der Waals surface area contributed by atoms with Gasteiger partial charge in [-0.25, -0.2) is 0 Å². The van der Waals surface area contributed by atoms with Crippen molar-refractivity contribution in [2.75, 3.05) is 19.7 Å². The Morgan fingerprint density at radius 3 is 2.88 bits per heavy atom. The Labute approximate surface area is 110 Å². The second-order valence-corrected chi connectivity index (χ2v) is 4.77. The number of hydrogen-bond acceptors (Lipinski definition) is 2. The Morgan fingerprint density at radius 2 is 2.19 bits per heavy atom. The first-order valence-corrected chi connectivity index (χ1v) is 6.69. The maximum Gasteiger partial charge on any atom is 0.133 e. The van der Waals surface area contributed by atoms with Crippen LogP contribution >= 0.6 is 27.5 Å². The van der Waals surface area contributed by atoms with Crippen molar-refractivity contribution in [1.82, 2.24) is 5.32 Å².